The molecule has 1 aliphatic heterocycles. The molecule has 0 spiro atoms. The van der Waals surface area contributed by atoms with Crippen molar-refractivity contribution in [2.24, 2.45) is 0 Å². The molecule has 1 aromatic carbocycles. The minimum absolute atomic E-state index is 0.0806. The minimum Gasteiger partial charge on any atom is -0.486 e. The number of fused-ring (bicyclic) bond motifs is 1. The van der Waals surface area contributed by atoms with E-state index in [2.05, 4.69) is 24.0 Å². The van der Waals surface area contributed by atoms with E-state index >= 15 is 0 Å². The molecule has 1 aromatic heterocycles. The molecular weight excluding hydrogens is 438 g/mol. The predicted molar refractivity (Wildman–Crippen MR) is 128 cm³/mol. The maximum absolute atomic E-state index is 13.5. The Morgan fingerprint density at radius 2 is 1.85 bits per heavy atom. The molecule has 0 radical (unpaired) electrons. The summed E-state index contributed by atoms with van der Waals surface area (Å²) in [5.41, 5.74) is 1.13. The number of carbonyl (C=O) groups excluding carboxylic acids is 1. The summed E-state index contributed by atoms with van der Waals surface area (Å²) >= 11 is 6.16. The third kappa shape index (κ3) is 4.30. The van der Waals surface area contributed by atoms with Crippen LogP contribution in [0.4, 0.5) is 0 Å². The second-order valence-corrected chi connectivity index (χ2v) is 10.2. The van der Waals surface area contributed by atoms with Crippen molar-refractivity contribution in [3.8, 4) is 5.75 Å². The number of unbranched alkanes of at least 4 members (excludes halogenated alkanes) is 1. The maximum atomic E-state index is 13.5. The minimum atomic E-state index is -0.414. The van der Waals surface area contributed by atoms with Crippen LogP contribution in [0.2, 0.25) is 5.02 Å². The number of halogens is 1. The van der Waals surface area contributed by atoms with E-state index in [1.165, 1.54) is 5.56 Å². The first-order valence-corrected chi connectivity index (χ1v) is 12.7. The van der Waals surface area contributed by atoms with Gasteiger partial charge in [-0.25, -0.2) is 0 Å². The molecule has 2 aliphatic carbocycles. The summed E-state index contributed by atoms with van der Waals surface area (Å²) < 4.78 is 7.87. The highest BCUT2D eigenvalue weighted by molar-refractivity contribution is 6.30. The molecule has 2 fully saturated rings. The lowest BCUT2D eigenvalue weighted by atomic mass is 9.76. The Morgan fingerprint density at radius 1 is 1.12 bits per heavy atom. The fourth-order valence-electron chi connectivity index (χ4n) is 5.52. The van der Waals surface area contributed by atoms with E-state index in [-0.39, 0.29) is 17.1 Å². The lowest BCUT2D eigenvalue weighted by Crippen LogP contribution is -2.45. The van der Waals surface area contributed by atoms with Crippen molar-refractivity contribution in [3.05, 3.63) is 56.7 Å². The van der Waals surface area contributed by atoms with E-state index in [0.717, 1.165) is 56.4 Å². The Hall–Kier alpha value is -2.34. The van der Waals surface area contributed by atoms with Crippen molar-refractivity contribution in [1.29, 1.82) is 0 Å². The highest BCUT2D eigenvalue weighted by atomic mass is 35.5. The van der Waals surface area contributed by atoms with E-state index in [0.29, 0.717) is 43.7 Å². The van der Waals surface area contributed by atoms with Gasteiger partial charge in [0.25, 0.3) is 5.91 Å². The van der Waals surface area contributed by atoms with Crippen LogP contribution in [0.25, 0.3) is 0 Å². The number of hydrogen-bond donors (Lipinski definition) is 0. The summed E-state index contributed by atoms with van der Waals surface area (Å²) in [6.45, 7) is 3.81. The zero-order chi connectivity index (χ0) is 23.0. The summed E-state index contributed by atoms with van der Waals surface area (Å²) in [5, 5.41) is 0.720. The van der Waals surface area contributed by atoms with E-state index in [1.807, 2.05) is 21.6 Å². The molecule has 1 amide bonds. The molecule has 33 heavy (non-hydrogen) atoms. The first-order chi connectivity index (χ1) is 16.0. The average Bonchev–Trinajstić information content (AvgIpc) is 3.54. The van der Waals surface area contributed by atoms with Crippen molar-refractivity contribution >= 4 is 17.5 Å². The predicted octanol–water partition coefficient (Wildman–Crippen LogP) is 4.75. The van der Waals surface area contributed by atoms with Gasteiger partial charge in [0.2, 0.25) is 5.75 Å². The maximum Gasteiger partial charge on any atom is 0.316 e. The molecular formula is C26H32ClN3O3. The van der Waals surface area contributed by atoms with Crippen LogP contribution in [0.5, 0.6) is 5.75 Å². The third-order valence-corrected chi connectivity index (χ3v) is 7.75. The molecule has 2 aromatic rings. The molecule has 0 atom stereocenters. The van der Waals surface area contributed by atoms with Crippen LogP contribution >= 0.6 is 11.6 Å². The Morgan fingerprint density at radius 3 is 2.52 bits per heavy atom. The van der Waals surface area contributed by atoms with Crippen molar-refractivity contribution in [3.63, 3.8) is 0 Å². The average molecular weight is 470 g/mol. The Labute approximate surface area is 199 Å². The zero-order valence-electron chi connectivity index (χ0n) is 19.3. The topological polar surface area (TPSA) is 64.4 Å². The molecule has 0 bridgehead atoms. The van der Waals surface area contributed by atoms with Gasteiger partial charge in [-0.1, -0.05) is 49.9 Å². The fourth-order valence-corrected chi connectivity index (χ4v) is 5.65. The largest absolute Gasteiger partial charge is 0.486 e. The summed E-state index contributed by atoms with van der Waals surface area (Å²) in [5.74, 6) is 0.760. The second-order valence-electron chi connectivity index (χ2n) is 9.77. The van der Waals surface area contributed by atoms with Gasteiger partial charge in [0, 0.05) is 36.0 Å². The number of amides is 1. The van der Waals surface area contributed by atoms with Gasteiger partial charge in [0.05, 0.1) is 6.61 Å². The lowest BCUT2D eigenvalue weighted by Gasteiger charge is -2.35. The standard InChI is InChI=1S/C26H32ClN3O3/c1-2-3-16-33-23-22-25(32)29(20-10-11-20)14-15-30(22)21(28-24(23)31)17-26(12-4-5-13-26)18-6-8-19(27)9-7-18/h6-9,20H,2-5,10-17H2,1H3. The van der Waals surface area contributed by atoms with Gasteiger partial charge >= 0.3 is 5.56 Å². The summed E-state index contributed by atoms with van der Waals surface area (Å²) in [6, 6.07) is 8.38. The molecule has 6 nitrogen and oxygen atoms in total. The Balaban J connectivity index is 1.56. The van der Waals surface area contributed by atoms with Gasteiger partial charge in [0.15, 0.2) is 5.69 Å². The van der Waals surface area contributed by atoms with Gasteiger partial charge < -0.3 is 14.2 Å². The number of ether oxygens (including phenoxy) is 1. The van der Waals surface area contributed by atoms with Crippen LogP contribution in [0.3, 0.4) is 0 Å². The van der Waals surface area contributed by atoms with Crippen molar-refractivity contribution in [2.45, 2.75) is 82.7 Å². The molecule has 3 aliphatic rings. The molecule has 2 heterocycles. The summed E-state index contributed by atoms with van der Waals surface area (Å²) in [7, 11) is 0. The van der Waals surface area contributed by atoms with E-state index in [4.69, 9.17) is 16.3 Å². The van der Waals surface area contributed by atoms with Gasteiger partial charge in [0.1, 0.15) is 5.82 Å². The Bertz CT molecular complexity index is 1090. The fraction of sp³-hybridized carbons (Fsp3) is 0.577. The van der Waals surface area contributed by atoms with E-state index in [1.54, 1.807) is 0 Å². The van der Waals surface area contributed by atoms with Crippen molar-refractivity contribution < 1.29 is 9.53 Å². The van der Waals surface area contributed by atoms with Gasteiger partial charge in [-0.2, -0.15) is 4.98 Å². The lowest BCUT2D eigenvalue weighted by molar-refractivity contribution is 0.0675. The highest BCUT2D eigenvalue weighted by Crippen LogP contribution is 2.44. The summed E-state index contributed by atoms with van der Waals surface area (Å²) in [4.78, 5) is 33.1. The van der Waals surface area contributed by atoms with E-state index < -0.39 is 5.56 Å². The van der Waals surface area contributed by atoms with Crippen LogP contribution < -0.4 is 10.3 Å². The molecule has 0 N–H and O–H groups in total. The summed E-state index contributed by atoms with van der Waals surface area (Å²) in [6.07, 6.45) is 8.88. The molecule has 2 saturated carbocycles. The highest BCUT2D eigenvalue weighted by Gasteiger charge is 2.42. The molecule has 0 saturated heterocycles. The number of rotatable bonds is 8. The number of carbonyl (C=O) groups is 1. The van der Waals surface area contributed by atoms with E-state index in [9.17, 15) is 9.59 Å². The first kappa shape index (κ1) is 22.5. The smallest absolute Gasteiger partial charge is 0.316 e. The number of hydrogen-bond acceptors (Lipinski definition) is 4. The SMILES string of the molecule is CCCCOc1c2n(c(CC3(c4ccc(Cl)cc4)CCCC3)nc1=O)CCN(C1CC1)C2=O. The van der Waals surface area contributed by atoms with Crippen LogP contribution in [-0.4, -0.2) is 39.6 Å². The number of benzene rings is 1. The number of aromatic nitrogens is 2. The van der Waals surface area contributed by atoms with Gasteiger partial charge in [-0.3, -0.25) is 9.59 Å². The van der Waals surface area contributed by atoms with Crippen LogP contribution in [-0.2, 0) is 18.4 Å². The molecule has 0 unspecified atom stereocenters. The Kier molecular flexibility index (Phi) is 6.21. The number of nitrogens with zero attached hydrogens (tertiary/aromatic N) is 3. The normalized spacial score (nSPS) is 19.6. The monoisotopic (exact) mass is 469 g/mol. The first-order valence-electron chi connectivity index (χ1n) is 12.4. The van der Waals surface area contributed by atoms with Crippen LogP contribution in [0, 0.1) is 0 Å². The third-order valence-electron chi connectivity index (χ3n) is 7.50. The zero-order valence-corrected chi connectivity index (χ0v) is 20.1. The van der Waals surface area contributed by atoms with Crippen LogP contribution in [0.15, 0.2) is 29.1 Å². The second kappa shape index (κ2) is 9.13. The van der Waals surface area contributed by atoms with Crippen LogP contribution in [0.1, 0.15) is 80.2 Å². The van der Waals surface area contributed by atoms with Crippen molar-refractivity contribution in [2.75, 3.05) is 13.2 Å². The molecule has 5 rings (SSSR count). The van der Waals surface area contributed by atoms with Gasteiger partial charge in [-0.05, 0) is 49.8 Å². The molecule has 176 valence electrons. The quantitative estimate of drug-likeness (QED) is 0.523. The van der Waals surface area contributed by atoms with Gasteiger partial charge in [-0.15, -0.1) is 0 Å². The molecule has 7 heteroatoms. The van der Waals surface area contributed by atoms with Crippen molar-refractivity contribution in [1.82, 2.24) is 14.5 Å².